The van der Waals surface area contributed by atoms with Crippen LogP contribution in [0, 0.1) is 19.8 Å². The van der Waals surface area contributed by atoms with Crippen LogP contribution in [0.15, 0.2) is 18.2 Å². The van der Waals surface area contributed by atoms with E-state index in [1.807, 2.05) is 32.9 Å². The summed E-state index contributed by atoms with van der Waals surface area (Å²) >= 11 is 0. The van der Waals surface area contributed by atoms with E-state index in [-0.39, 0.29) is 18.6 Å². The Hall–Kier alpha value is -1.39. The van der Waals surface area contributed by atoms with Crippen LogP contribution in [-0.4, -0.2) is 29.7 Å². The first-order valence-corrected chi connectivity index (χ1v) is 8.23. The second-order valence-electron chi connectivity index (χ2n) is 6.59. The van der Waals surface area contributed by atoms with Crippen LogP contribution in [-0.2, 0) is 4.79 Å². The number of hydrogen-bond donors (Lipinski definition) is 3. The number of hydrogen-bond acceptors (Lipinski definition) is 3. The molecule has 1 aromatic carbocycles. The summed E-state index contributed by atoms with van der Waals surface area (Å²) in [7, 11) is 0. The number of carbonyl (C=O) groups is 1. The molecule has 1 fully saturated rings. The average molecular weight is 304 g/mol. The highest BCUT2D eigenvalue weighted by atomic mass is 16.3. The highest BCUT2D eigenvalue weighted by Gasteiger charge is 2.31. The number of benzene rings is 1. The SMILES string of the molecule is Cc1ccc(NC(=O)CC(C)NC(CCO)C2CC2)c(C)c1. The van der Waals surface area contributed by atoms with Crippen LogP contribution in [0.3, 0.4) is 0 Å². The van der Waals surface area contributed by atoms with Crippen LogP contribution in [0.1, 0.15) is 43.7 Å². The lowest BCUT2D eigenvalue weighted by Crippen LogP contribution is -2.40. The monoisotopic (exact) mass is 304 g/mol. The molecule has 0 aliphatic heterocycles. The molecule has 2 unspecified atom stereocenters. The molecule has 1 aromatic rings. The Morgan fingerprint density at radius 3 is 2.68 bits per heavy atom. The Labute approximate surface area is 133 Å². The molecule has 0 heterocycles. The van der Waals surface area contributed by atoms with E-state index in [0.29, 0.717) is 18.4 Å². The molecule has 0 bridgehead atoms. The van der Waals surface area contributed by atoms with Crippen molar-refractivity contribution in [2.45, 2.75) is 58.5 Å². The fourth-order valence-electron chi connectivity index (χ4n) is 2.95. The molecular formula is C18H28N2O2. The maximum Gasteiger partial charge on any atom is 0.225 e. The van der Waals surface area contributed by atoms with Crippen molar-refractivity contribution in [3.05, 3.63) is 29.3 Å². The second-order valence-corrected chi connectivity index (χ2v) is 6.59. The Bertz CT molecular complexity index is 512. The molecule has 22 heavy (non-hydrogen) atoms. The van der Waals surface area contributed by atoms with Crippen LogP contribution in [0.2, 0.25) is 0 Å². The zero-order valence-electron chi connectivity index (χ0n) is 13.9. The minimum Gasteiger partial charge on any atom is -0.396 e. The quantitative estimate of drug-likeness (QED) is 0.692. The van der Waals surface area contributed by atoms with Crippen molar-refractivity contribution >= 4 is 11.6 Å². The molecule has 0 saturated heterocycles. The highest BCUT2D eigenvalue weighted by Crippen LogP contribution is 2.34. The largest absolute Gasteiger partial charge is 0.396 e. The van der Waals surface area contributed by atoms with E-state index in [9.17, 15) is 4.79 Å². The van der Waals surface area contributed by atoms with E-state index in [1.165, 1.54) is 18.4 Å². The molecule has 0 aromatic heterocycles. The third kappa shape index (κ3) is 5.11. The normalized spacial score (nSPS) is 17.1. The van der Waals surface area contributed by atoms with E-state index in [2.05, 4.69) is 16.7 Å². The van der Waals surface area contributed by atoms with Gasteiger partial charge in [-0.3, -0.25) is 4.79 Å². The average Bonchev–Trinajstić information content (AvgIpc) is 3.26. The highest BCUT2D eigenvalue weighted by molar-refractivity contribution is 5.91. The van der Waals surface area contributed by atoms with Gasteiger partial charge in [-0.15, -0.1) is 0 Å². The first kappa shape index (κ1) is 17.0. The van der Waals surface area contributed by atoms with Gasteiger partial charge >= 0.3 is 0 Å². The van der Waals surface area contributed by atoms with Crippen molar-refractivity contribution in [1.29, 1.82) is 0 Å². The summed E-state index contributed by atoms with van der Waals surface area (Å²) in [5.74, 6) is 0.711. The molecule has 0 spiro atoms. The molecule has 3 N–H and O–H groups in total. The van der Waals surface area contributed by atoms with E-state index in [4.69, 9.17) is 5.11 Å². The summed E-state index contributed by atoms with van der Waals surface area (Å²) in [5, 5.41) is 15.6. The fraction of sp³-hybridized carbons (Fsp3) is 0.611. The molecule has 0 radical (unpaired) electrons. The Morgan fingerprint density at radius 2 is 2.09 bits per heavy atom. The zero-order chi connectivity index (χ0) is 16.1. The van der Waals surface area contributed by atoms with Crippen LogP contribution >= 0.6 is 0 Å². The summed E-state index contributed by atoms with van der Waals surface area (Å²) < 4.78 is 0. The number of nitrogens with one attached hydrogen (secondary N) is 2. The predicted molar refractivity (Wildman–Crippen MR) is 90.0 cm³/mol. The van der Waals surface area contributed by atoms with Crippen LogP contribution in [0.4, 0.5) is 5.69 Å². The zero-order valence-corrected chi connectivity index (χ0v) is 13.9. The summed E-state index contributed by atoms with van der Waals surface area (Å²) in [6, 6.07) is 6.49. The maximum absolute atomic E-state index is 12.2. The molecule has 4 heteroatoms. The minimum atomic E-state index is 0.0329. The summed E-state index contributed by atoms with van der Waals surface area (Å²) in [6.07, 6.45) is 3.69. The van der Waals surface area contributed by atoms with Crippen LogP contribution in [0.5, 0.6) is 0 Å². The van der Waals surface area contributed by atoms with Gasteiger partial charge in [-0.25, -0.2) is 0 Å². The van der Waals surface area contributed by atoms with Crippen molar-refractivity contribution in [2.75, 3.05) is 11.9 Å². The van der Waals surface area contributed by atoms with Crippen molar-refractivity contribution < 1.29 is 9.90 Å². The first-order valence-electron chi connectivity index (χ1n) is 8.23. The molecule has 1 amide bonds. The van der Waals surface area contributed by atoms with Gasteiger partial charge in [0.1, 0.15) is 0 Å². The number of aryl methyl sites for hydroxylation is 2. The van der Waals surface area contributed by atoms with Crippen molar-refractivity contribution in [3.63, 3.8) is 0 Å². The third-order valence-corrected chi connectivity index (χ3v) is 4.28. The predicted octanol–water partition coefficient (Wildman–Crippen LogP) is 2.77. The number of amides is 1. The summed E-state index contributed by atoms with van der Waals surface area (Å²) in [5.41, 5.74) is 3.17. The Balaban J connectivity index is 1.82. The van der Waals surface area contributed by atoms with Gasteiger partial charge in [-0.1, -0.05) is 17.7 Å². The standard InChI is InChI=1S/C18H28N2O2/c1-12-4-7-16(13(2)10-12)20-18(22)11-14(3)19-17(8-9-21)15-5-6-15/h4,7,10,14-15,17,19,21H,5-6,8-9,11H2,1-3H3,(H,20,22). The maximum atomic E-state index is 12.2. The van der Waals surface area contributed by atoms with Gasteiger partial charge in [-0.05, 0) is 57.6 Å². The fourth-order valence-corrected chi connectivity index (χ4v) is 2.95. The summed E-state index contributed by atoms with van der Waals surface area (Å²) in [4.78, 5) is 12.2. The van der Waals surface area contributed by atoms with Gasteiger partial charge in [-0.2, -0.15) is 0 Å². The lowest BCUT2D eigenvalue weighted by atomic mass is 10.1. The van der Waals surface area contributed by atoms with Gasteiger partial charge in [0.2, 0.25) is 5.91 Å². The number of rotatable bonds is 8. The first-order chi connectivity index (χ1) is 10.5. The van der Waals surface area contributed by atoms with E-state index in [0.717, 1.165) is 17.7 Å². The van der Waals surface area contributed by atoms with E-state index >= 15 is 0 Å². The Kier molecular flexibility index (Phi) is 5.98. The van der Waals surface area contributed by atoms with Crippen molar-refractivity contribution in [3.8, 4) is 0 Å². The van der Waals surface area contributed by atoms with Crippen LogP contribution < -0.4 is 10.6 Å². The molecule has 2 rings (SSSR count). The molecular weight excluding hydrogens is 276 g/mol. The smallest absolute Gasteiger partial charge is 0.225 e. The second kappa shape index (κ2) is 7.75. The van der Waals surface area contributed by atoms with E-state index in [1.54, 1.807) is 0 Å². The topological polar surface area (TPSA) is 61.4 Å². The number of aliphatic hydroxyl groups excluding tert-OH is 1. The van der Waals surface area contributed by atoms with Gasteiger partial charge in [0.15, 0.2) is 0 Å². The van der Waals surface area contributed by atoms with Gasteiger partial charge in [0.25, 0.3) is 0 Å². The van der Waals surface area contributed by atoms with Gasteiger partial charge in [0, 0.05) is 30.8 Å². The number of carbonyl (C=O) groups excluding carboxylic acids is 1. The molecule has 4 nitrogen and oxygen atoms in total. The Morgan fingerprint density at radius 1 is 1.36 bits per heavy atom. The third-order valence-electron chi connectivity index (χ3n) is 4.28. The van der Waals surface area contributed by atoms with Crippen molar-refractivity contribution in [1.82, 2.24) is 5.32 Å². The van der Waals surface area contributed by atoms with Gasteiger partial charge < -0.3 is 15.7 Å². The lowest BCUT2D eigenvalue weighted by Gasteiger charge is -2.22. The molecule has 2 atom stereocenters. The van der Waals surface area contributed by atoms with Crippen molar-refractivity contribution in [2.24, 2.45) is 5.92 Å². The minimum absolute atomic E-state index is 0.0329. The summed E-state index contributed by atoms with van der Waals surface area (Å²) in [6.45, 7) is 6.29. The molecule has 1 aliphatic carbocycles. The number of aliphatic hydroxyl groups is 1. The molecule has 122 valence electrons. The van der Waals surface area contributed by atoms with Crippen LogP contribution in [0.25, 0.3) is 0 Å². The molecule has 1 saturated carbocycles. The molecule has 1 aliphatic rings. The van der Waals surface area contributed by atoms with Gasteiger partial charge in [0.05, 0.1) is 0 Å². The van der Waals surface area contributed by atoms with E-state index < -0.39 is 0 Å². The number of anilines is 1. The lowest BCUT2D eigenvalue weighted by molar-refractivity contribution is -0.116.